The lowest BCUT2D eigenvalue weighted by molar-refractivity contribution is -0.139. The van der Waals surface area contributed by atoms with E-state index in [2.05, 4.69) is 5.32 Å². The molecule has 1 unspecified atom stereocenters. The summed E-state index contributed by atoms with van der Waals surface area (Å²) in [6, 6.07) is 9.52. The summed E-state index contributed by atoms with van der Waals surface area (Å²) in [7, 11) is 0. The first-order valence-corrected chi connectivity index (χ1v) is 8.03. The van der Waals surface area contributed by atoms with Gasteiger partial charge in [-0.1, -0.05) is 12.1 Å². The van der Waals surface area contributed by atoms with Crippen LogP contribution >= 0.6 is 0 Å². The molecular formula is C19H19F2NO4. The van der Waals surface area contributed by atoms with E-state index in [0.29, 0.717) is 5.75 Å². The summed E-state index contributed by atoms with van der Waals surface area (Å²) in [5, 5.41) is 11.3. The molecule has 0 heterocycles. The van der Waals surface area contributed by atoms with Gasteiger partial charge in [-0.25, -0.2) is 13.6 Å². The topological polar surface area (TPSA) is 75.6 Å². The molecule has 0 radical (unpaired) electrons. The highest BCUT2D eigenvalue weighted by Gasteiger charge is 2.12. The summed E-state index contributed by atoms with van der Waals surface area (Å²) in [4.78, 5) is 22.5. The summed E-state index contributed by atoms with van der Waals surface area (Å²) < 4.78 is 31.7. The SMILES string of the molecule is CC(NC(=O)CCc1cc(F)ccc1F)c1ccc(OCC(=O)O)cc1. The van der Waals surface area contributed by atoms with Crippen molar-refractivity contribution in [2.75, 3.05) is 6.61 Å². The van der Waals surface area contributed by atoms with Crippen molar-refractivity contribution in [1.82, 2.24) is 5.32 Å². The molecule has 1 atom stereocenters. The Morgan fingerprint density at radius 1 is 1.15 bits per heavy atom. The number of hydrogen-bond acceptors (Lipinski definition) is 3. The second-order valence-electron chi connectivity index (χ2n) is 5.78. The molecule has 2 rings (SSSR count). The Morgan fingerprint density at radius 3 is 2.50 bits per heavy atom. The number of rotatable bonds is 8. The molecule has 0 fully saturated rings. The first-order chi connectivity index (χ1) is 12.3. The lowest BCUT2D eigenvalue weighted by atomic mass is 10.1. The first kappa shape index (κ1) is 19.4. The Hall–Kier alpha value is -2.96. The molecule has 138 valence electrons. The van der Waals surface area contributed by atoms with Gasteiger partial charge in [0.05, 0.1) is 6.04 Å². The number of carbonyl (C=O) groups excluding carboxylic acids is 1. The van der Waals surface area contributed by atoms with E-state index in [1.807, 2.05) is 0 Å². The van der Waals surface area contributed by atoms with Gasteiger partial charge in [-0.3, -0.25) is 4.79 Å². The molecule has 0 aromatic heterocycles. The van der Waals surface area contributed by atoms with Gasteiger partial charge >= 0.3 is 5.97 Å². The van der Waals surface area contributed by atoms with Crippen molar-refractivity contribution < 1.29 is 28.2 Å². The van der Waals surface area contributed by atoms with Crippen molar-refractivity contribution in [1.29, 1.82) is 0 Å². The van der Waals surface area contributed by atoms with Crippen LogP contribution < -0.4 is 10.1 Å². The van der Waals surface area contributed by atoms with E-state index in [9.17, 15) is 18.4 Å². The molecular weight excluding hydrogens is 344 g/mol. The molecule has 2 aromatic carbocycles. The minimum Gasteiger partial charge on any atom is -0.482 e. The van der Waals surface area contributed by atoms with E-state index in [1.165, 1.54) is 0 Å². The molecule has 26 heavy (non-hydrogen) atoms. The minimum atomic E-state index is -1.07. The van der Waals surface area contributed by atoms with Crippen molar-refractivity contribution in [2.45, 2.75) is 25.8 Å². The standard InChI is InChI=1S/C19H19F2NO4/c1-12(13-2-6-16(7-3-13)26-11-19(24)25)22-18(23)9-4-14-10-15(20)5-8-17(14)21/h2-3,5-8,10,12H,4,9,11H2,1H3,(H,22,23)(H,24,25). The van der Waals surface area contributed by atoms with Crippen molar-refractivity contribution in [2.24, 2.45) is 0 Å². The fourth-order valence-electron chi connectivity index (χ4n) is 2.38. The molecule has 0 saturated heterocycles. The molecule has 0 aliphatic carbocycles. The monoisotopic (exact) mass is 363 g/mol. The van der Waals surface area contributed by atoms with Gasteiger partial charge in [0.1, 0.15) is 17.4 Å². The van der Waals surface area contributed by atoms with Crippen LogP contribution in [0.5, 0.6) is 5.75 Å². The van der Waals surface area contributed by atoms with Crippen molar-refractivity contribution >= 4 is 11.9 Å². The van der Waals surface area contributed by atoms with Crippen LogP contribution in [-0.4, -0.2) is 23.6 Å². The number of aryl methyl sites for hydroxylation is 1. The van der Waals surface area contributed by atoms with E-state index in [1.54, 1.807) is 31.2 Å². The highest BCUT2D eigenvalue weighted by molar-refractivity contribution is 5.76. The summed E-state index contributed by atoms with van der Waals surface area (Å²) >= 11 is 0. The molecule has 1 amide bonds. The molecule has 2 aromatic rings. The van der Waals surface area contributed by atoms with Gasteiger partial charge in [0.15, 0.2) is 6.61 Å². The number of aliphatic carboxylic acids is 1. The molecule has 0 spiro atoms. The highest BCUT2D eigenvalue weighted by atomic mass is 19.1. The number of nitrogens with one attached hydrogen (secondary N) is 1. The Morgan fingerprint density at radius 2 is 1.85 bits per heavy atom. The predicted octanol–water partition coefficient (Wildman–Crippen LogP) is 3.24. The Balaban J connectivity index is 1.86. The number of amides is 1. The maximum absolute atomic E-state index is 13.6. The Bertz CT molecular complexity index is 778. The van der Waals surface area contributed by atoms with Crippen LogP contribution in [0.3, 0.4) is 0 Å². The fourth-order valence-corrected chi connectivity index (χ4v) is 2.38. The molecule has 2 N–H and O–H groups in total. The highest BCUT2D eigenvalue weighted by Crippen LogP contribution is 2.18. The fraction of sp³-hybridized carbons (Fsp3) is 0.263. The number of benzene rings is 2. The molecule has 0 bridgehead atoms. The second-order valence-corrected chi connectivity index (χ2v) is 5.78. The van der Waals surface area contributed by atoms with E-state index in [-0.39, 0.29) is 30.4 Å². The van der Waals surface area contributed by atoms with Gasteiger partial charge in [-0.05, 0) is 54.8 Å². The Kier molecular flexibility index (Phi) is 6.66. The third-order valence-corrected chi connectivity index (χ3v) is 3.75. The molecule has 0 saturated carbocycles. The first-order valence-electron chi connectivity index (χ1n) is 8.03. The molecule has 0 aliphatic rings. The third-order valence-electron chi connectivity index (χ3n) is 3.75. The van der Waals surface area contributed by atoms with Crippen molar-refractivity contribution in [3.8, 4) is 5.75 Å². The average Bonchev–Trinajstić information content (AvgIpc) is 2.61. The van der Waals surface area contributed by atoms with Crippen LogP contribution in [0.2, 0.25) is 0 Å². The van der Waals surface area contributed by atoms with E-state index in [0.717, 1.165) is 23.8 Å². The van der Waals surface area contributed by atoms with E-state index in [4.69, 9.17) is 9.84 Å². The van der Waals surface area contributed by atoms with E-state index >= 15 is 0 Å². The van der Waals surface area contributed by atoms with Gasteiger partial charge in [0.25, 0.3) is 0 Å². The van der Waals surface area contributed by atoms with E-state index < -0.39 is 24.2 Å². The normalized spacial score (nSPS) is 11.7. The second kappa shape index (κ2) is 8.94. The number of carboxylic acid groups (broad SMARTS) is 1. The number of hydrogen-bond donors (Lipinski definition) is 2. The quantitative estimate of drug-likeness (QED) is 0.755. The van der Waals surface area contributed by atoms with Gasteiger partial charge in [0.2, 0.25) is 5.91 Å². The van der Waals surface area contributed by atoms with Gasteiger partial charge in [-0.15, -0.1) is 0 Å². The summed E-state index contributed by atoms with van der Waals surface area (Å²) in [5.41, 5.74) is 0.964. The molecule has 5 nitrogen and oxygen atoms in total. The summed E-state index contributed by atoms with van der Waals surface area (Å²) in [6.07, 6.45) is 0.134. The van der Waals surface area contributed by atoms with Crippen LogP contribution in [-0.2, 0) is 16.0 Å². The van der Waals surface area contributed by atoms with Gasteiger partial charge in [-0.2, -0.15) is 0 Å². The number of ether oxygens (including phenoxy) is 1. The summed E-state index contributed by atoms with van der Waals surface area (Å²) in [6.45, 7) is 1.36. The summed E-state index contributed by atoms with van der Waals surface area (Å²) in [5.74, 6) is -2.02. The third kappa shape index (κ3) is 5.84. The maximum Gasteiger partial charge on any atom is 0.341 e. The van der Waals surface area contributed by atoms with Crippen LogP contribution in [0, 0.1) is 11.6 Å². The lowest BCUT2D eigenvalue weighted by Gasteiger charge is -2.15. The van der Waals surface area contributed by atoms with Crippen LogP contribution in [0.1, 0.15) is 30.5 Å². The van der Waals surface area contributed by atoms with Crippen LogP contribution in [0.15, 0.2) is 42.5 Å². The predicted molar refractivity (Wildman–Crippen MR) is 90.8 cm³/mol. The van der Waals surface area contributed by atoms with Gasteiger partial charge < -0.3 is 15.2 Å². The lowest BCUT2D eigenvalue weighted by Crippen LogP contribution is -2.26. The largest absolute Gasteiger partial charge is 0.482 e. The van der Waals surface area contributed by atoms with Crippen molar-refractivity contribution in [3.05, 3.63) is 65.2 Å². The smallest absolute Gasteiger partial charge is 0.341 e. The van der Waals surface area contributed by atoms with Gasteiger partial charge in [0, 0.05) is 6.42 Å². The number of carbonyl (C=O) groups is 2. The zero-order valence-electron chi connectivity index (χ0n) is 14.2. The average molecular weight is 363 g/mol. The zero-order chi connectivity index (χ0) is 19.1. The Labute approximate surface area is 149 Å². The van der Waals surface area contributed by atoms with Crippen molar-refractivity contribution in [3.63, 3.8) is 0 Å². The molecule has 7 heteroatoms. The van der Waals surface area contributed by atoms with Crippen LogP contribution in [0.4, 0.5) is 8.78 Å². The molecule has 0 aliphatic heterocycles. The van der Waals surface area contributed by atoms with Crippen LogP contribution in [0.25, 0.3) is 0 Å². The minimum absolute atomic E-state index is 0.0323. The number of halogens is 2. The maximum atomic E-state index is 13.6. The number of carboxylic acids is 1. The zero-order valence-corrected chi connectivity index (χ0v) is 14.2.